The molecule has 0 radical (unpaired) electrons. The minimum Gasteiger partial charge on any atom is -0.323 e. The summed E-state index contributed by atoms with van der Waals surface area (Å²) >= 11 is 0. The van der Waals surface area contributed by atoms with Crippen molar-refractivity contribution in [3.05, 3.63) is 35.4 Å². The largest absolute Gasteiger partial charge is 0.323 e. The van der Waals surface area contributed by atoms with Crippen LogP contribution in [0.2, 0.25) is 0 Å². The molecule has 0 bridgehead atoms. The Balaban J connectivity index is 2.77. The number of benzene rings is 1. The normalized spacial score (nSPS) is 13.7. The molecule has 2 N–H and O–H groups in total. The van der Waals surface area contributed by atoms with Gasteiger partial charge in [-0.3, -0.25) is 0 Å². The van der Waals surface area contributed by atoms with Crippen molar-refractivity contribution in [3.8, 4) is 0 Å². The first-order valence-electron chi connectivity index (χ1n) is 5.53. The molecule has 1 atom stereocenters. The number of hydrogen-bond acceptors (Lipinski definition) is 3. The standard InChI is InChI=1S/C12H19NO2S/c1-3-10-5-7-11(8-6-10)12(13)9-16(14,15)4-2/h5-8,12H,3-4,9,13H2,1-2H3. The van der Waals surface area contributed by atoms with Gasteiger partial charge in [-0.2, -0.15) is 0 Å². The minimum absolute atomic E-state index is 0.0228. The smallest absolute Gasteiger partial charge is 0.151 e. The first-order valence-corrected chi connectivity index (χ1v) is 7.35. The quantitative estimate of drug-likeness (QED) is 0.853. The number of rotatable bonds is 5. The molecule has 1 aromatic rings. The lowest BCUT2D eigenvalue weighted by atomic mass is 10.1. The third-order valence-electron chi connectivity index (χ3n) is 2.69. The maximum absolute atomic E-state index is 11.4. The molecule has 1 aromatic carbocycles. The van der Waals surface area contributed by atoms with E-state index in [0.717, 1.165) is 12.0 Å². The van der Waals surface area contributed by atoms with Gasteiger partial charge in [0.2, 0.25) is 0 Å². The summed E-state index contributed by atoms with van der Waals surface area (Å²) in [5, 5.41) is 0. The van der Waals surface area contributed by atoms with Gasteiger partial charge in [0.1, 0.15) is 0 Å². The summed E-state index contributed by atoms with van der Waals surface area (Å²) in [7, 11) is -3.01. The highest BCUT2D eigenvalue weighted by atomic mass is 32.2. The van der Waals surface area contributed by atoms with Crippen molar-refractivity contribution >= 4 is 9.84 Å². The molecule has 4 heteroatoms. The summed E-state index contributed by atoms with van der Waals surface area (Å²) in [6, 6.07) is 7.39. The van der Waals surface area contributed by atoms with E-state index in [0.29, 0.717) is 0 Å². The monoisotopic (exact) mass is 241 g/mol. The zero-order chi connectivity index (χ0) is 12.2. The Morgan fingerprint density at radius 1 is 1.19 bits per heavy atom. The van der Waals surface area contributed by atoms with E-state index in [1.165, 1.54) is 5.56 Å². The Hall–Kier alpha value is -0.870. The molecule has 16 heavy (non-hydrogen) atoms. The van der Waals surface area contributed by atoms with Gasteiger partial charge in [0, 0.05) is 11.8 Å². The van der Waals surface area contributed by atoms with Gasteiger partial charge in [-0.05, 0) is 17.5 Å². The van der Waals surface area contributed by atoms with Crippen LogP contribution in [0.25, 0.3) is 0 Å². The average molecular weight is 241 g/mol. The lowest BCUT2D eigenvalue weighted by Crippen LogP contribution is -2.22. The van der Waals surface area contributed by atoms with Crippen LogP contribution < -0.4 is 5.73 Å². The van der Waals surface area contributed by atoms with Crippen LogP contribution in [0, 0.1) is 0 Å². The van der Waals surface area contributed by atoms with E-state index in [1.807, 2.05) is 24.3 Å². The van der Waals surface area contributed by atoms with E-state index in [1.54, 1.807) is 6.92 Å². The maximum atomic E-state index is 11.4. The van der Waals surface area contributed by atoms with Gasteiger partial charge >= 0.3 is 0 Å². The summed E-state index contributed by atoms with van der Waals surface area (Å²) in [6.45, 7) is 3.72. The van der Waals surface area contributed by atoms with Crippen LogP contribution in [0.15, 0.2) is 24.3 Å². The van der Waals surface area contributed by atoms with Gasteiger partial charge < -0.3 is 5.73 Å². The van der Waals surface area contributed by atoms with Crippen molar-refractivity contribution in [2.45, 2.75) is 26.3 Å². The predicted octanol–water partition coefficient (Wildman–Crippen LogP) is 1.68. The zero-order valence-electron chi connectivity index (χ0n) is 9.81. The van der Waals surface area contributed by atoms with Crippen molar-refractivity contribution in [2.24, 2.45) is 5.73 Å². The maximum Gasteiger partial charge on any atom is 0.151 e. The summed E-state index contributed by atoms with van der Waals surface area (Å²) in [5.74, 6) is 0.169. The van der Waals surface area contributed by atoms with Crippen LogP contribution in [0.3, 0.4) is 0 Å². The summed E-state index contributed by atoms with van der Waals surface area (Å²) in [4.78, 5) is 0. The van der Waals surface area contributed by atoms with E-state index in [2.05, 4.69) is 6.92 Å². The Morgan fingerprint density at radius 3 is 2.19 bits per heavy atom. The lowest BCUT2D eigenvalue weighted by molar-refractivity contribution is 0.590. The van der Waals surface area contributed by atoms with E-state index in [-0.39, 0.29) is 11.5 Å². The van der Waals surface area contributed by atoms with Gasteiger partial charge in [-0.15, -0.1) is 0 Å². The minimum atomic E-state index is -3.01. The van der Waals surface area contributed by atoms with Crippen LogP contribution in [0.4, 0.5) is 0 Å². The molecular weight excluding hydrogens is 222 g/mol. The van der Waals surface area contributed by atoms with Gasteiger partial charge in [-0.1, -0.05) is 38.1 Å². The highest BCUT2D eigenvalue weighted by Crippen LogP contribution is 2.14. The molecule has 0 heterocycles. The van der Waals surface area contributed by atoms with Crippen LogP contribution in [0.5, 0.6) is 0 Å². The molecule has 0 saturated carbocycles. The predicted molar refractivity (Wildman–Crippen MR) is 67.1 cm³/mol. The van der Waals surface area contributed by atoms with E-state index in [4.69, 9.17) is 5.73 Å². The third kappa shape index (κ3) is 3.61. The molecule has 0 aromatic heterocycles. The number of hydrogen-bond donors (Lipinski definition) is 1. The van der Waals surface area contributed by atoms with Crippen molar-refractivity contribution in [1.29, 1.82) is 0 Å². The van der Waals surface area contributed by atoms with Crippen LogP contribution >= 0.6 is 0 Å². The second-order valence-electron chi connectivity index (χ2n) is 3.90. The van der Waals surface area contributed by atoms with Gasteiger partial charge in [0.25, 0.3) is 0 Å². The molecule has 0 aliphatic carbocycles. The molecular formula is C12H19NO2S. The Labute approximate surface area is 97.6 Å². The molecule has 0 fully saturated rings. The summed E-state index contributed by atoms with van der Waals surface area (Å²) in [5.41, 5.74) is 7.98. The Morgan fingerprint density at radius 2 is 1.75 bits per heavy atom. The van der Waals surface area contributed by atoms with Crippen LogP contribution in [-0.2, 0) is 16.3 Å². The fourth-order valence-corrected chi connectivity index (χ4v) is 2.46. The summed E-state index contributed by atoms with van der Waals surface area (Å²) < 4.78 is 22.9. The fraction of sp³-hybridized carbons (Fsp3) is 0.500. The van der Waals surface area contributed by atoms with E-state index >= 15 is 0 Å². The summed E-state index contributed by atoms with van der Waals surface area (Å²) in [6.07, 6.45) is 0.975. The molecule has 1 unspecified atom stereocenters. The Bertz CT molecular complexity index is 423. The van der Waals surface area contributed by atoms with Crippen molar-refractivity contribution < 1.29 is 8.42 Å². The number of aryl methyl sites for hydroxylation is 1. The molecule has 0 saturated heterocycles. The fourth-order valence-electron chi connectivity index (χ4n) is 1.49. The molecule has 90 valence electrons. The lowest BCUT2D eigenvalue weighted by Gasteiger charge is -2.12. The number of nitrogens with two attached hydrogens (primary N) is 1. The molecule has 3 nitrogen and oxygen atoms in total. The van der Waals surface area contributed by atoms with E-state index < -0.39 is 15.9 Å². The third-order valence-corrected chi connectivity index (χ3v) is 4.44. The van der Waals surface area contributed by atoms with Crippen LogP contribution in [0.1, 0.15) is 31.0 Å². The molecule has 0 amide bonds. The molecule has 0 aliphatic heterocycles. The molecule has 0 aliphatic rings. The SMILES string of the molecule is CCc1ccc(C(N)CS(=O)(=O)CC)cc1. The molecule has 0 spiro atoms. The first-order chi connectivity index (χ1) is 7.48. The van der Waals surface area contributed by atoms with Crippen molar-refractivity contribution in [1.82, 2.24) is 0 Å². The van der Waals surface area contributed by atoms with Crippen LogP contribution in [-0.4, -0.2) is 19.9 Å². The second-order valence-corrected chi connectivity index (χ2v) is 6.30. The topological polar surface area (TPSA) is 60.2 Å². The van der Waals surface area contributed by atoms with Gasteiger partial charge in [-0.25, -0.2) is 8.42 Å². The second kappa shape index (κ2) is 5.46. The van der Waals surface area contributed by atoms with Gasteiger partial charge in [0.15, 0.2) is 9.84 Å². The zero-order valence-corrected chi connectivity index (χ0v) is 10.6. The van der Waals surface area contributed by atoms with Gasteiger partial charge in [0.05, 0.1) is 5.75 Å². The van der Waals surface area contributed by atoms with E-state index in [9.17, 15) is 8.42 Å². The average Bonchev–Trinajstić information content (AvgIpc) is 2.28. The first kappa shape index (κ1) is 13.2. The Kier molecular flexibility index (Phi) is 4.50. The van der Waals surface area contributed by atoms with Crippen molar-refractivity contribution in [2.75, 3.05) is 11.5 Å². The van der Waals surface area contributed by atoms with Crippen molar-refractivity contribution in [3.63, 3.8) is 0 Å². The highest BCUT2D eigenvalue weighted by Gasteiger charge is 2.15. The molecule has 1 rings (SSSR count). The highest BCUT2D eigenvalue weighted by molar-refractivity contribution is 7.91. The number of sulfone groups is 1.